The highest BCUT2D eigenvalue weighted by atomic mass is 32.2. The number of ether oxygens (including phenoxy) is 1. The van der Waals surface area contributed by atoms with Crippen LogP contribution < -0.4 is 10.1 Å². The monoisotopic (exact) mass is 513 g/mol. The van der Waals surface area contributed by atoms with Crippen molar-refractivity contribution in [1.29, 1.82) is 0 Å². The molecule has 0 spiro atoms. The van der Waals surface area contributed by atoms with E-state index in [9.17, 15) is 13.2 Å². The molecule has 2 heterocycles. The fourth-order valence-corrected chi connectivity index (χ4v) is 6.61. The first-order valence-corrected chi connectivity index (χ1v) is 14.6. The number of sulfonamides is 1. The predicted octanol–water partition coefficient (Wildman–Crippen LogP) is 4.10. The Morgan fingerprint density at radius 3 is 2.19 bits per heavy atom. The maximum atomic E-state index is 13.1. The van der Waals surface area contributed by atoms with E-state index in [-0.39, 0.29) is 17.2 Å². The summed E-state index contributed by atoms with van der Waals surface area (Å²) in [5, 5.41) is 2.99. The highest BCUT2D eigenvalue weighted by molar-refractivity contribution is 7.89. The van der Waals surface area contributed by atoms with Gasteiger partial charge in [0.2, 0.25) is 15.9 Å². The molecule has 0 bridgehead atoms. The van der Waals surface area contributed by atoms with Crippen molar-refractivity contribution in [1.82, 2.24) is 14.5 Å². The number of carbonyl (C=O) groups excluding carboxylic acids is 1. The highest BCUT2D eigenvalue weighted by Crippen LogP contribution is 2.27. The summed E-state index contributed by atoms with van der Waals surface area (Å²) >= 11 is 0. The van der Waals surface area contributed by atoms with Crippen LogP contribution in [0.2, 0.25) is 0 Å². The number of piperidine rings is 2. The first-order valence-electron chi connectivity index (χ1n) is 13.2. The predicted molar refractivity (Wildman–Crippen MR) is 141 cm³/mol. The lowest BCUT2D eigenvalue weighted by molar-refractivity contribution is -0.121. The number of methoxy groups -OCH3 is 1. The van der Waals surface area contributed by atoms with E-state index in [0.29, 0.717) is 31.8 Å². The van der Waals surface area contributed by atoms with Gasteiger partial charge >= 0.3 is 0 Å². The molecule has 36 heavy (non-hydrogen) atoms. The Bertz CT molecular complexity index is 1110. The Hall–Kier alpha value is -2.42. The minimum absolute atomic E-state index is 0.0706. The third-order valence-electron chi connectivity index (χ3n) is 7.19. The summed E-state index contributed by atoms with van der Waals surface area (Å²) in [6.45, 7) is 4.94. The van der Waals surface area contributed by atoms with Gasteiger partial charge in [-0.3, -0.25) is 9.69 Å². The molecule has 2 aromatic rings. The molecule has 1 amide bonds. The van der Waals surface area contributed by atoms with Crippen molar-refractivity contribution in [3.05, 3.63) is 59.2 Å². The van der Waals surface area contributed by atoms with Crippen LogP contribution >= 0.6 is 0 Å². The van der Waals surface area contributed by atoms with E-state index in [0.717, 1.165) is 36.9 Å². The molecule has 196 valence electrons. The van der Waals surface area contributed by atoms with Crippen LogP contribution in [0, 0.1) is 0 Å². The van der Waals surface area contributed by atoms with Crippen molar-refractivity contribution < 1.29 is 17.9 Å². The van der Waals surface area contributed by atoms with Gasteiger partial charge in [0.15, 0.2) is 0 Å². The molecule has 0 aromatic heterocycles. The third-order valence-corrected chi connectivity index (χ3v) is 9.09. The molecule has 0 unspecified atom stereocenters. The number of aryl methyl sites for hydroxylation is 1. The van der Waals surface area contributed by atoms with Crippen molar-refractivity contribution in [2.45, 2.75) is 69.4 Å². The molecule has 0 aliphatic carbocycles. The summed E-state index contributed by atoms with van der Waals surface area (Å²) in [5.74, 6) is 0.531. The Labute approximate surface area is 215 Å². The van der Waals surface area contributed by atoms with E-state index in [1.54, 1.807) is 29.6 Å². The van der Waals surface area contributed by atoms with E-state index in [2.05, 4.69) is 34.5 Å². The van der Waals surface area contributed by atoms with Crippen LogP contribution in [0.25, 0.3) is 0 Å². The van der Waals surface area contributed by atoms with Crippen molar-refractivity contribution >= 4 is 15.9 Å². The van der Waals surface area contributed by atoms with E-state index >= 15 is 0 Å². The van der Waals surface area contributed by atoms with Crippen molar-refractivity contribution in [3.63, 3.8) is 0 Å². The quantitative estimate of drug-likeness (QED) is 0.517. The Morgan fingerprint density at radius 1 is 0.889 bits per heavy atom. The van der Waals surface area contributed by atoms with Crippen LogP contribution in [0.5, 0.6) is 5.75 Å². The van der Waals surface area contributed by atoms with E-state index in [4.69, 9.17) is 4.74 Å². The SMILES string of the molecule is COc1ccc(S(=O)(=O)N2CCCCC2)cc1CCC(=O)NCc1ccc(CN2CCCCC2)cc1. The Kier molecular flexibility index (Phi) is 9.40. The van der Waals surface area contributed by atoms with Gasteiger partial charge in [-0.25, -0.2) is 8.42 Å². The summed E-state index contributed by atoms with van der Waals surface area (Å²) in [7, 11) is -1.97. The summed E-state index contributed by atoms with van der Waals surface area (Å²) in [6, 6.07) is 13.4. The van der Waals surface area contributed by atoms with Crippen LogP contribution in [0.1, 0.15) is 61.6 Å². The number of hydrogen-bond donors (Lipinski definition) is 1. The van der Waals surface area contributed by atoms with Crippen molar-refractivity contribution in [2.24, 2.45) is 0 Å². The summed E-state index contributed by atoms with van der Waals surface area (Å²) in [5.41, 5.74) is 3.10. The minimum atomic E-state index is -3.53. The van der Waals surface area contributed by atoms with E-state index in [1.165, 1.54) is 37.9 Å². The fraction of sp³-hybridized carbons (Fsp3) is 0.536. The van der Waals surface area contributed by atoms with E-state index < -0.39 is 10.0 Å². The van der Waals surface area contributed by atoms with Gasteiger partial charge in [0.25, 0.3) is 0 Å². The molecule has 2 fully saturated rings. The molecular formula is C28H39N3O4S. The van der Waals surface area contributed by atoms with Gasteiger partial charge in [-0.2, -0.15) is 4.31 Å². The lowest BCUT2D eigenvalue weighted by atomic mass is 10.1. The molecule has 4 rings (SSSR count). The van der Waals surface area contributed by atoms with E-state index in [1.807, 2.05) is 0 Å². The molecule has 1 N–H and O–H groups in total. The first-order chi connectivity index (χ1) is 17.5. The summed E-state index contributed by atoms with van der Waals surface area (Å²) in [4.78, 5) is 15.3. The van der Waals surface area contributed by atoms with Gasteiger partial charge in [-0.15, -0.1) is 0 Å². The van der Waals surface area contributed by atoms with Gasteiger partial charge in [-0.1, -0.05) is 37.1 Å². The number of amides is 1. The lowest BCUT2D eigenvalue weighted by Crippen LogP contribution is -2.35. The van der Waals surface area contributed by atoms with Crippen LogP contribution in [0.4, 0.5) is 0 Å². The Balaban J connectivity index is 1.30. The van der Waals surface area contributed by atoms with Crippen LogP contribution in [0.3, 0.4) is 0 Å². The zero-order valence-corrected chi connectivity index (χ0v) is 22.2. The zero-order valence-electron chi connectivity index (χ0n) is 21.4. The summed E-state index contributed by atoms with van der Waals surface area (Å²) < 4.78 is 33.2. The molecular weight excluding hydrogens is 474 g/mol. The average molecular weight is 514 g/mol. The molecule has 0 saturated carbocycles. The molecule has 8 heteroatoms. The maximum absolute atomic E-state index is 13.1. The number of carbonyl (C=O) groups is 1. The fourth-order valence-electron chi connectivity index (χ4n) is 5.04. The number of nitrogens with zero attached hydrogens (tertiary/aromatic N) is 2. The second kappa shape index (κ2) is 12.7. The average Bonchev–Trinajstić information content (AvgIpc) is 2.92. The normalized spacial score (nSPS) is 17.6. The highest BCUT2D eigenvalue weighted by Gasteiger charge is 2.26. The number of hydrogen-bond acceptors (Lipinski definition) is 5. The van der Waals surface area contributed by atoms with Crippen LogP contribution in [0.15, 0.2) is 47.4 Å². The Morgan fingerprint density at radius 2 is 1.53 bits per heavy atom. The topological polar surface area (TPSA) is 79.0 Å². The molecule has 2 aliphatic rings. The molecule has 7 nitrogen and oxygen atoms in total. The van der Waals surface area contributed by atoms with Crippen LogP contribution in [-0.4, -0.2) is 56.8 Å². The van der Waals surface area contributed by atoms with Gasteiger partial charge in [-0.05, 0) is 80.1 Å². The standard InChI is InChI=1S/C28H39N3O4S/c1-35-27-14-13-26(36(33,34)31-18-6-3-7-19-31)20-25(27)12-15-28(32)29-21-23-8-10-24(11-9-23)22-30-16-4-2-5-17-30/h8-11,13-14,20H,2-7,12,15-19,21-22H2,1H3,(H,29,32). The summed E-state index contributed by atoms with van der Waals surface area (Å²) in [6.07, 6.45) is 7.43. The minimum Gasteiger partial charge on any atom is -0.496 e. The number of benzene rings is 2. The maximum Gasteiger partial charge on any atom is 0.243 e. The third kappa shape index (κ3) is 7.08. The van der Waals surface area contributed by atoms with Gasteiger partial charge in [0.1, 0.15) is 5.75 Å². The second-order valence-corrected chi connectivity index (χ2v) is 11.8. The van der Waals surface area contributed by atoms with Crippen LogP contribution in [-0.2, 0) is 34.3 Å². The second-order valence-electron chi connectivity index (χ2n) is 9.87. The lowest BCUT2D eigenvalue weighted by Gasteiger charge is -2.26. The smallest absolute Gasteiger partial charge is 0.243 e. The molecule has 2 saturated heterocycles. The molecule has 2 aromatic carbocycles. The molecule has 2 aliphatic heterocycles. The molecule has 0 radical (unpaired) electrons. The van der Waals surface area contributed by atoms with Crippen molar-refractivity contribution in [2.75, 3.05) is 33.3 Å². The van der Waals surface area contributed by atoms with Gasteiger partial charge in [0.05, 0.1) is 12.0 Å². The van der Waals surface area contributed by atoms with Gasteiger partial charge in [0, 0.05) is 32.6 Å². The number of rotatable bonds is 10. The molecule has 0 atom stereocenters. The number of nitrogens with one attached hydrogen (secondary N) is 1. The zero-order chi connectivity index (χ0) is 25.4. The largest absolute Gasteiger partial charge is 0.496 e. The van der Waals surface area contributed by atoms with Crippen molar-refractivity contribution in [3.8, 4) is 5.75 Å². The first kappa shape index (κ1) is 26.6. The number of likely N-dealkylation sites (tertiary alicyclic amines) is 1. The van der Waals surface area contributed by atoms with Gasteiger partial charge < -0.3 is 10.1 Å².